The smallest absolute Gasteiger partial charge is 0.341 e. The lowest BCUT2D eigenvalue weighted by Gasteiger charge is -2.26. The average molecular weight is 318 g/mol. The Morgan fingerprint density at radius 3 is 2.30 bits per heavy atom. The fourth-order valence-corrected chi connectivity index (χ4v) is 2.25. The molecule has 0 bridgehead atoms. The number of aliphatic imine (C=N–C) groups is 2. The molecule has 0 aromatic heterocycles. The highest BCUT2D eigenvalue weighted by atomic mass is 16.5. The number of methoxy groups -OCH3 is 2. The van der Waals surface area contributed by atoms with E-state index < -0.39 is 12.0 Å². The molecule has 0 aliphatic carbocycles. The molecule has 23 heavy (non-hydrogen) atoms. The highest BCUT2D eigenvalue weighted by molar-refractivity contribution is 6.07. The first-order valence-electron chi connectivity index (χ1n) is 7.50. The third-order valence-corrected chi connectivity index (χ3v) is 3.51. The van der Waals surface area contributed by atoms with Crippen molar-refractivity contribution in [1.29, 1.82) is 0 Å². The predicted molar refractivity (Wildman–Crippen MR) is 87.5 cm³/mol. The van der Waals surface area contributed by atoms with E-state index in [9.17, 15) is 4.79 Å². The lowest BCUT2D eigenvalue weighted by atomic mass is 10.0. The molecule has 0 amide bonds. The minimum Gasteiger partial charge on any atom is -0.483 e. The molecule has 124 valence electrons. The third kappa shape index (κ3) is 4.09. The van der Waals surface area contributed by atoms with Gasteiger partial charge in [0.25, 0.3) is 0 Å². The van der Waals surface area contributed by atoms with E-state index >= 15 is 0 Å². The van der Waals surface area contributed by atoms with Crippen molar-refractivity contribution in [2.75, 3.05) is 14.2 Å². The first-order chi connectivity index (χ1) is 11.1. The molecule has 0 radical (unpaired) electrons. The van der Waals surface area contributed by atoms with Crippen molar-refractivity contribution in [3.63, 3.8) is 0 Å². The van der Waals surface area contributed by atoms with E-state index in [-0.39, 0.29) is 24.5 Å². The lowest BCUT2D eigenvalue weighted by molar-refractivity contribution is -0.145. The Labute approximate surface area is 136 Å². The van der Waals surface area contributed by atoms with Gasteiger partial charge in [-0.15, -0.1) is 0 Å². The topological polar surface area (TPSA) is 69.5 Å². The van der Waals surface area contributed by atoms with E-state index in [1.165, 1.54) is 14.2 Å². The summed E-state index contributed by atoms with van der Waals surface area (Å²) in [6.45, 7) is 4.19. The van der Waals surface area contributed by atoms with Gasteiger partial charge in [-0.1, -0.05) is 44.2 Å². The van der Waals surface area contributed by atoms with Crippen LogP contribution in [0.3, 0.4) is 0 Å². The molecule has 2 rings (SSSR count). The van der Waals surface area contributed by atoms with Crippen LogP contribution in [0.5, 0.6) is 0 Å². The number of carbonyl (C=O) groups excluding carboxylic acids is 1. The summed E-state index contributed by atoms with van der Waals surface area (Å²) in [6, 6.07) is 8.28. The van der Waals surface area contributed by atoms with Gasteiger partial charge in [-0.2, -0.15) is 0 Å². The average Bonchev–Trinajstić information content (AvgIpc) is 2.59. The molecule has 1 unspecified atom stereocenters. The summed E-state index contributed by atoms with van der Waals surface area (Å²) in [5, 5.41) is 0. The number of ether oxygens (including phenoxy) is 3. The van der Waals surface area contributed by atoms with Crippen LogP contribution in [-0.2, 0) is 25.6 Å². The standard InChI is InChI=1S/C17H22N2O4/c1-11(2)13-15(21-3)19-14(16(18-13)22-4)17(20)23-10-12-8-6-5-7-9-12/h5-9,11,13-14H,10H2,1-4H3/t13-,14?/m1/s1. The zero-order valence-electron chi connectivity index (χ0n) is 13.9. The fourth-order valence-electron chi connectivity index (χ4n) is 2.25. The Morgan fingerprint density at radius 2 is 1.74 bits per heavy atom. The van der Waals surface area contributed by atoms with Gasteiger partial charge in [-0.25, -0.2) is 14.8 Å². The van der Waals surface area contributed by atoms with E-state index in [1.807, 2.05) is 44.2 Å². The van der Waals surface area contributed by atoms with E-state index in [0.29, 0.717) is 5.90 Å². The van der Waals surface area contributed by atoms with Crippen LogP contribution in [0.1, 0.15) is 19.4 Å². The Bertz CT molecular complexity index is 596. The molecular formula is C17H22N2O4. The maximum atomic E-state index is 12.3. The Kier molecular flexibility index (Phi) is 5.73. The van der Waals surface area contributed by atoms with Crippen LogP contribution in [0.2, 0.25) is 0 Å². The number of carbonyl (C=O) groups is 1. The normalized spacial score (nSPS) is 20.6. The number of hydrogen-bond acceptors (Lipinski definition) is 6. The summed E-state index contributed by atoms with van der Waals surface area (Å²) in [5.74, 6) is 0.344. The van der Waals surface area contributed by atoms with Gasteiger partial charge < -0.3 is 14.2 Å². The van der Waals surface area contributed by atoms with Gasteiger partial charge >= 0.3 is 5.97 Å². The minimum absolute atomic E-state index is 0.179. The number of rotatable bonds is 4. The highest BCUT2D eigenvalue weighted by Crippen LogP contribution is 2.18. The van der Waals surface area contributed by atoms with Crippen molar-refractivity contribution in [1.82, 2.24) is 0 Å². The summed E-state index contributed by atoms with van der Waals surface area (Å²) >= 11 is 0. The van der Waals surface area contributed by atoms with Crippen molar-refractivity contribution in [3.05, 3.63) is 35.9 Å². The van der Waals surface area contributed by atoms with Crippen LogP contribution in [0, 0.1) is 5.92 Å². The van der Waals surface area contributed by atoms with Crippen molar-refractivity contribution in [3.8, 4) is 0 Å². The molecule has 6 nitrogen and oxygen atoms in total. The third-order valence-electron chi connectivity index (χ3n) is 3.51. The molecule has 2 atom stereocenters. The Morgan fingerprint density at radius 1 is 1.09 bits per heavy atom. The van der Waals surface area contributed by atoms with Gasteiger partial charge in [-0.05, 0) is 11.5 Å². The molecule has 6 heteroatoms. The summed E-state index contributed by atoms with van der Waals surface area (Å²) < 4.78 is 15.8. The molecule has 0 saturated carbocycles. The monoisotopic (exact) mass is 318 g/mol. The van der Waals surface area contributed by atoms with Crippen LogP contribution in [0.4, 0.5) is 0 Å². The molecule has 0 N–H and O–H groups in total. The van der Waals surface area contributed by atoms with Gasteiger partial charge in [0, 0.05) is 0 Å². The summed E-state index contributed by atoms with van der Waals surface area (Å²) in [7, 11) is 2.99. The van der Waals surface area contributed by atoms with E-state index in [0.717, 1.165) is 5.56 Å². The van der Waals surface area contributed by atoms with Crippen LogP contribution >= 0.6 is 0 Å². The van der Waals surface area contributed by atoms with Gasteiger partial charge in [-0.3, -0.25) is 0 Å². The second-order valence-corrected chi connectivity index (χ2v) is 5.53. The fraction of sp³-hybridized carbons (Fsp3) is 0.471. The molecule has 0 fully saturated rings. The summed E-state index contributed by atoms with van der Waals surface area (Å²) in [4.78, 5) is 21.1. The lowest BCUT2D eigenvalue weighted by Crippen LogP contribution is -2.41. The van der Waals surface area contributed by atoms with E-state index in [2.05, 4.69) is 9.98 Å². The second-order valence-electron chi connectivity index (χ2n) is 5.53. The molecule has 1 aliphatic rings. The van der Waals surface area contributed by atoms with E-state index in [1.54, 1.807) is 0 Å². The van der Waals surface area contributed by atoms with Crippen molar-refractivity contribution < 1.29 is 19.0 Å². The maximum Gasteiger partial charge on any atom is 0.341 e. The van der Waals surface area contributed by atoms with Crippen LogP contribution < -0.4 is 0 Å². The second kappa shape index (κ2) is 7.76. The zero-order valence-corrected chi connectivity index (χ0v) is 13.9. The van der Waals surface area contributed by atoms with Gasteiger partial charge in [0.15, 0.2) is 0 Å². The molecule has 1 aliphatic heterocycles. The Hall–Kier alpha value is -2.37. The largest absolute Gasteiger partial charge is 0.483 e. The first kappa shape index (κ1) is 17.0. The molecule has 1 aromatic carbocycles. The summed E-state index contributed by atoms with van der Waals surface area (Å²) in [6.07, 6.45) is 0. The first-order valence-corrected chi connectivity index (χ1v) is 7.50. The minimum atomic E-state index is -0.923. The van der Waals surface area contributed by atoms with Gasteiger partial charge in [0.1, 0.15) is 12.6 Å². The van der Waals surface area contributed by atoms with Crippen molar-refractivity contribution in [2.24, 2.45) is 15.9 Å². The highest BCUT2D eigenvalue weighted by Gasteiger charge is 2.35. The molecule has 0 saturated heterocycles. The zero-order chi connectivity index (χ0) is 16.8. The SMILES string of the molecule is COC1=N[C@H](C(C)C)C(OC)=NC1C(=O)OCc1ccccc1. The summed E-state index contributed by atoms with van der Waals surface area (Å²) in [5.41, 5.74) is 0.906. The molecular weight excluding hydrogens is 296 g/mol. The predicted octanol–water partition coefficient (Wildman–Crippen LogP) is 2.23. The molecule has 0 spiro atoms. The van der Waals surface area contributed by atoms with E-state index in [4.69, 9.17) is 14.2 Å². The van der Waals surface area contributed by atoms with Crippen LogP contribution in [0.25, 0.3) is 0 Å². The van der Waals surface area contributed by atoms with Crippen LogP contribution in [0.15, 0.2) is 40.3 Å². The number of nitrogens with zero attached hydrogens (tertiary/aromatic N) is 2. The maximum absolute atomic E-state index is 12.3. The van der Waals surface area contributed by atoms with Gasteiger partial charge in [0.05, 0.1) is 14.2 Å². The van der Waals surface area contributed by atoms with Crippen molar-refractivity contribution in [2.45, 2.75) is 32.5 Å². The number of benzene rings is 1. The Balaban J connectivity index is 2.11. The number of hydrogen-bond donors (Lipinski definition) is 0. The van der Waals surface area contributed by atoms with Crippen LogP contribution in [-0.4, -0.2) is 44.1 Å². The molecule has 1 aromatic rings. The van der Waals surface area contributed by atoms with Crippen molar-refractivity contribution >= 4 is 17.8 Å². The number of esters is 1. The quantitative estimate of drug-likeness (QED) is 0.798. The van der Waals surface area contributed by atoms with Gasteiger partial charge in [0.2, 0.25) is 17.8 Å². The molecule has 1 heterocycles.